The Hall–Kier alpha value is -7.23. The van der Waals surface area contributed by atoms with Crippen molar-refractivity contribution in [1.29, 1.82) is 0 Å². The highest BCUT2D eigenvalue weighted by Crippen LogP contribution is 2.50. The Bertz CT molecular complexity index is 2840. The summed E-state index contributed by atoms with van der Waals surface area (Å²) in [6.07, 6.45) is 2.00. The van der Waals surface area contributed by atoms with Gasteiger partial charge in [0.15, 0.2) is 0 Å². The number of benzene rings is 8. The molecule has 0 atom stereocenters. The minimum absolute atomic E-state index is 0.0940. The average Bonchev–Trinajstić information content (AvgIpc) is 3.50. The number of rotatable bonds is 8. The highest BCUT2D eigenvalue weighted by Gasteiger charge is 2.35. The zero-order chi connectivity index (χ0) is 38.3. The SMILES string of the molecule is CC1(C)c2ccccc2-c2ccc(N(c3ccccc3)c3ccc(-c4ccc(N(c5ccc(-c6ccccc6)cc5)c5ccc6ccccc6c5)cc4)cn3)cc21. The van der Waals surface area contributed by atoms with Gasteiger partial charge in [0.2, 0.25) is 0 Å². The first kappa shape index (κ1) is 34.3. The van der Waals surface area contributed by atoms with Gasteiger partial charge in [-0.05, 0) is 123 Å². The van der Waals surface area contributed by atoms with Gasteiger partial charge in [-0.15, -0.1) is 0 Å². The first-order valence-corrected chi connectivity index (χ1v) is 19.6. The van der Waals surface area contributed by atoms with E-state index in [2.05, 4.69) is 230 Å². The molecule has 1 aliphatic carbocycles. The number of hydrogen-bond donors (Lipinski definition) is 0. The van der Waals surface area contributed by atoms with E-state index in [4.69, 9.17) is 4.98 Å². The molecule has 0 bridgehead atoms. The number of aromatic nitrogens is 1. The summed E-state index contributed by atoms with van der Waals surface area (Å²) >= 11 is 0. The molecule has 1 aliphatic rings. The maximum Gasteiger partial charge on any atom is 0.137 e. The van der Waals surface area contributed by atoms with Crippen LogP contribution in [0.3, 0.4) is 0 Å². The van der Waals surface area contributed by atoms with E-state index in [1.807, 2.05) is 6.20 Å². The van der Waals surface area contributed by atoms with Crippen LogP contribution in [0.2, 0.25) is 0 Å². The fraction of sp³-hybridized carbons (Fsp3) is 0.0556. The van der Waals surface area contributed by atoms with Crippen molar-refractivity contribution in [3.05, 3.63) is 224 Å². The first-order valence-electron chi connectivity index (χ1n) is 19.6. The van der Waals surface area contributed by atoms with E-state index >= 15 is 0 Å². The van der Waals surface area contributed by atoms with Crippen LogP contribution in [0.4, 0.5) is 34.3 Å². The van der Waals surface area contributed by atoms with Gasteiger partial charge in [-0.3, -0.25) is 4.90 Å². The van der Waals surface area contributed by atoms with Crippen LogP contribution in [-0.4, -0.2) is 4.98 Å². The molecule has 57 heavy (non-hydrogen) atoms. The second-order valence-electron chi connectivity index (χ2n) is 15.3. The highest BCUT2D eigenvalue weighted by atomic mass is 15.2. The van der Waals surface area contributed by atoms with Crippen molar-refractivity contribution >= 4 is 45.0 Å². The largest absolute Gasteiger partial charge is 0.310 e. The second-order valence-corrected chi connectivity index (χ2v) is 15.3. The van der Waals surface area contributed by atoms with Gasteiger partial charge in [0.05, 0.1) is 0 Å². The van der Waals surface area contributed by atoms with Crippen LogP contribution < -0.4 is 9.80 Å². The molecule has 8 aromatic carbocycles. The zero-order valence-electron chi connectivity index (χ0n) is 32.0. The van der Waals surface area contributed by atoms with E-state index in [1.54, 1.807) is 0 Å². The fourth-order valence-corrected chi connectivity index (χ4v) is 8.51. The molecule has 9 aromatic rings. The number of anilines is 6. The summed E-state index contributed by atoms with van der Waals surface area (Å²) in [4.78, 5) is 9.70. The van der Waals surface area contributed by atoms with Gasteiger partial charge in [0.1, 0.15) is 5.82 Å². The quantitative estimate of drug-likeness (QED) is 0.155. The molecule has 3 nitrogen and oxygen atoms in total. The topological polar surface area (TPSA) is 19.4 Å². The molecular weight excluding hydrogens is 691 g/mol. The Morgan fingerprint density at radius 2 is 0.860 bits per heavy atom. The minimum Gasteiger partial charge on any atom is -0.310 e. The maximum atomic E-state index is 5.11. The molecule has 0 amide bonds. The third kappa shape index (κ3) is 6.24. The fourth-order valence-electron chi connectivity index (χ4n) is 8.51. The molecule has 272 valence electrons. The van der Waals surface area contributed by atoms with Crippen LogP contribution in [0.25, 0.3) is 44.2 Å². The van der Waals surface area contributed by atoms with Gasteiger partial charge in [-0.1, -0.05) is 147 Å². The number of hydrogen-bond acceptors (Lipinski definition) is 3. The Morgan fingerprint density at radius 3 is 1.56 bits per heavy atom. The van der Waals surface area contributed by atoms with E-state index in [1.165, 1.54) is 44.2 Å². The van der Waals surface area contributed by atoms with E-state index in [9.17, 15) is 0 Å². The molecule has 0 N–H and O–H groups in total. The van der Waals surface area contributed by atoms with E-state index < -0.39 is 0 Å². The van der Waals surface area contributed by atoms with Crippen LogP contribution in [0.5, 0.6) is 0 Å². The van der Waals surface area contributed by atoms with Crippen molar-refractivity contribution in [1.82, 2.24) is 4.98 Å². The lowest BCUT2D eigenvalue weighted by atomic mass is 9.82. The van der Waals surface area contributed by atoms with Crippen molar-refractivity contribution < 1.29 is 0 Å². The molecule has 0 saturated carbocycles. The standard InChI is InChI=1S/C54H41N3/c1-54(2)51-20-12-11-19-49(51)50-33-32-48(36-52(50)54)57(44-17-7-4-8-18-44)53-34-26-43(37-55-53)41-23-29-46(30-24-41)56(47-31-25-39-15-9-10-16-42(39)35-47)45-27-21-40(22-28-45)38-13-5-3-6-14-38/h3-37H,1-2H3. The normalized spacial score (nSPS) is 12.5. The van der Waals surface area contributed by atoms with Crippen molar-refractivity contribution in [3.63, 3.8) is 0 Å². The van der Waals surface area contributed by atoms with E-state index in [0.717, 1.165) is 45.4 Å². The molecule has 0 spiro atoms. The Labute approximate surface area is 334 Å². The molecule has 1 heterocycles. The third-order valence-corrected chi connectivity index (χ3v) is 11.5. The van der Waals surface area contributed by atoms with Crippen molar-refractivity contribution in [3.8, 4) is 33.4 Å². The third-order valence-electron chi connectivity index (χ3n) is 11.5. The first-order chi connectivity index (χ1) is 28.0. The predicted molar refractivity (Wildman–Crippen MR) is 240 cm³/mol. The minimum atomic E-state index is -0.0940. The van der Waals surface area contributed by atoms with E-state index in [0.29, 0.717) is 0 Å². The van der Waals surface area contributed by atoms with Crippen LogP contribution in [0.1, 0.15) is 25.0 Å². The van der Waals surface area contributed by atoms with Crippen LogP contribution in [0, 0.1) is 0 Å². The second kappa shape index (κ2) is 14.1. The zero-order valence-corrected chi connectivity index (χ0v) is 32.0. The molecule has 1 aromatic heterocycles. The van der Waals surface area contributed by atoms with Crippen LogP contribution in [0.15, 0.2) is 212 Å². The van der Waals surface area contributed by atoms with Gasteiger partial charge < -0.3 is 4.90 Å². The summed E-state index contributed by atoms with van der Waals surface area (Å²) in [5.74, 6) is 0.872. The highest BCUT2D eigenvalue weighted by molar-refractivity contribution is 5.90. The van der Waals surface area contributed by atoms with Gasteiger partial charge in [0, 0.05) is 45.6 Å². The number of nitrogens with zero attached hydrogens (tertiary/aromatic N) is 3. The van der Waals surface area contributed by atoms with Gasteiger partial charge in [0.25, 0.3) is 0 Å². The summed E-state index contributed by atoms with van der Waals surface area (Å²) in [6.45, 7) is 4.66. The number of para-hydroxylation sites is 1. The lowest BCUT2D eigenvalue weighted by Gasteiger charge is -2.27. The molecule has 0 aliphatic heterocycles. The van der Waals surface area contributed by atoms with Crippen molar-refractivity contribution in [2.24, 2.45) is 0 Å². The molecule has 0 fully saturated rings. The Balaban J connectivity index is 0.983. The van der Waals surface area contributed by atoms with E-state index in [-0.39, 0.29) is 5.41 Å². The molecule has 0 unspecified atom stereocenters. The Morgan fingerprint density at radius 1 is 0.351 bits per heavy atom. The molecule has 0 saturated heterocycles. The monoisotopic (exact) mass is 731 g/mol. The lowest BCUT2D eigenvalue weighted by molar-refractivity contribution is 0.660. The molecular formula is C54H41N3. The van der Waals surface area contributed by atoms with Crippen LogP contribution >= 0.6 is 0 Å². The van der Waals surface area contributed by atoms with Gasteiger partial charge in [-0.25, -0.2) is 4.98 Å². The average molecular weight is 732 g/mol. The number of fused-ring (bicyclic) bond motifs is 4. The number of pyridine rings is 1. The summed E-state index contributed by atoms with van der Waals surface area (Å²) in [7, 11) is 0. The lowest BCUT2D eigenvalue weighted by Crippen LogP contribution is -2.17. The Kier molecular flexibility index (Phi) is 8.49. The molecule has 0 radical (unpaired) electrons. The van der Waals surface area contributed by atoms with Crippen molar-refractivity contribution in [2.45, 2.75) is 19.3 Å². The summed E-state index contributed by atoms with van der Waals surface area (Å²) in [5.41, 5.74) is 15.3. The molecule has 3 heteroatoms. The van der Waals surface area contributed by atoms with Gasteiger partial charge in [-0.2, -0.15) is 0 Å². The summed E-state index contributed by atoms with van der Waals surface area (Å²) < 4.78 is 0. The maximum absolute atomic E-state index is 5.11. The summed E-state index contributed by atoms with van der Waals surface area (Å²) in [5, 5.41) is 2.44. The molecule has 10 rings (SSSR count). The van der Waals surface area contributed by atoms with Crippen LogP contribution in [-0.2, 0) is 5.41 Å². The smallest absolute Gasteiger partial charge is 0.137 e. The predicted octanol–water partition coefficient (Wildman–Crippen LogP) is 14.8. The van der Waals surface area contributed by atoms with Crippen molar-refractivity contribution in [2.75, 3.05) is 9.80 Å². The van der Waals surface area contributed by atoms with Gasteiger partial charge >= 0.3 is 0 Å². The summed E-state index contributed by atoms with van der Waals surface area (Å²) in [6, 6.07) is 74.0.